The van der Waals surface area contributed by atoms with E-state index in [2.05, 4.69) is 46.8 Å². The molecule has 1 aliphatic carbocycles. The third-order valence-electron chi connectivity index (χ3n) is 8.84. The van der Waals surface area contributed by atoms with Crippen LogP contribution in [0.4, 0.5) is 11.6 Å². The van der Waals surface area contributed by atoms with Crippen LogP contribution < -0.4 is 14.8 Å². The minimum absolute atomic E-state index is 0.271. The van der Waals surface area contributed by atoms with Crippen LogP contribution in [0.5, 0.6) is 11.6 Å². The second kappa shape index (κ2) is 15.5. The average molecular weight is 683 g/mol. The van der Waals surface area contributed by atoms with Crippen molar-refractivity contribution in [1.29, 1.82) is 5.26 Å². The monoisotopic (exact) mass is 682 g/mol. The largest absolute Gasteiger partial charge is 0.487 e. The summed E-state index contributed by atoms with van der Waals surface area (Å²) in [4.78, 5) is 16.2. The molecule has 16 heteroatoms. The van der Waals surface area contributed by atoms with Gasteiger partial charge in [0.2, 0.25) is 5.95 Å². The van der Waals surface area contributed by atoms with Crippen molar-refractivity contribution >= 4 is 23.0 Å². The second-order valence-electron chi connectivity index (χ2n) is 12.2. The van der Waals surface area contributed by atoms with Crippen LogP contribution in [-0.4, -0.2) is 94.9 Å². The highest BCUT2D eigenvalue weighted by atomic mass is 32.1. The first-order valence-electron chi connectivity index (χ1n) is 16.5. The summed E-state index contributed by atoms with van der Waals surface area (Å²) in [5.74, 6) is 1.40. The van der Waals surface area contributed by atoms with Crippen molar-refractivity contribution in [2.45, 2.75) is 63.8 Å². The number of thiazole rings is 1. The lowest BCUT2D eigenvalue weighted by Crippen LogP contribution is -2.45. The fraction of sp³-hybridized carbons (Fsp3) is 0.455. The number of nitriles is 1. The van der Waals surface area contributed by atoms with Crippen LogP contribution in [0.15, 0.2) is 54.7 Å². The first-order chi connectivity index (χ1) is 24.1. The highest BCUT2D eigenvalue weighted by molar-refractivity contribution is 7.09. The number of nitrogens with zero attached hydrogens (tertiary/aromatic N) is 11. The van der Waals surface area contributed by atoms with E-state index in [0.717, 1.165) is 68.1 Å². The third-order valence-corrected chi connectivity index (χ3v) is 9.68. The van der Waals surface area contributed by atoms with Crippen LogP contribution in [0.1, 0.15) is 49.2 Å². The van der Waals surface area contributed by atoms with Gasteiger partial charge in [-0.25, -0.2) is 19.6 Å². The number of tetrazole rings is 1. The van der Waals surface area contributed by atoms with Gasteiger partial charge in [0.25, 0.3) is 5.88 Å². The van der Waals surface area contributed by atoms with Crippen LogP contribution in [0.3, 0.4) is 0 Å². The van der Waals surface area contributed by atoms with E-state index >= 15 is 0 Å². The number of nitrogens with one attached hydrogen (secondary N) is 1. The average Bonchev–Trinajstić information content (AvgIpc) is 3.93. The standard InChI is InChI=1S/C33H38N12O3S/c1-23(20-44-22-38-41-42-44)48-30-16-24(2-3-25(30)17-34)26-18-36-33(37-19-26)39-29-21-45(40-32(29)47-12-8-31-35-9-15-49-31)28-6-4-27(5-7-28)43-10-13-46-14-11-43/h2-3,9,15-16,18-19,21-23,27-28H,4-8,10-14,20H2,1H3,(H,36,37,39)/t23-,27?,28?/m0/s1. The summed E-state index contributed by atoms with van der Waals surface area (Å²) >= 11 is 1.61. The molecule has 1 atom stereocenters. The summed E-state index contributed by atoms with van der Waals surface area (Å²) < 4.78 is 21.5. The lowest BCUT2D eigenvalue weighted by Gasteiger charge is -2.38. The fourth-order valence-electron chi connectivity index (χ4n) is 6.33. The van der Waals surface area contributed by atoms with Crippen LogP contribution in [0, 0.1) is 11.3 Å². The van der Waals surface area contributed by atoms with Crippen molar-refractivity contribution in [1.82, 2.24) is 49.8 Å². The Balaban J connectivity index is 1.04. The number of ether oxygens (including phenoxy) is 3. The molecule has 1 saturated heterocycles. The maximum atomic E-state index is 9.67. The molecule has 254 valence electrons. The van der Waals surface area contributed by atoms with Gasteiger partial charge in [-0.1, -0.05) is 6.07 Å². The van der Waals surface area contributed by atoms with E-state index in [4.69, 9.17) is 19.3 Å². The van der Waals surface area contributed by atoms with E-state index in [1.165, 1.54) is 6.33 Å². The highest BCUT2D eigenvalue weighted by Crippen LogP contribution is 2.35. The summed E-state index contributed by atoms with van der Waals surface area (Å²) in [6.07, 6.45) is 13.6. The first-order valence-corrected chi connectivity index (χ1v) is 17.4. The molecule has 0 bridgehead atoms. The van der Waals surface area contributed by atoms with Gasteiger partial charge < -0.3 is 19.5 Å². The first kappa shape index (κ1) is 32.6. The SMILES string of the molecule is C[C@@H](Cn1cnnn1)Oc1cc(-c2cnc(Nc3cn(C4CCC(N5CCOCC5)CC4)nc3OCCc3nccs3)nc2)ccc1C#N. The smallest absolute Gasteiger partial charge is 0.256 e. The van der Waals surface area contributed by atoms with E-state index in [9.17, 15) is 5.26 Å². The molecule has 0 spiro atoms. The van der Waals surface area contributed by atoms with Crippen LogP contribution in [0.2, 0.25) is 0 Å². The van der Waals surface area contributed by atoms with Crippen LogP contribution >= 0.6 is 11.3 Å². The van der Waals surface area contributed by atoms with Crippen LogP contribution in [0.25, 0.3) is 11.1 Å². The topological polar surface area (TPSA) is 167 Å². The molecule has 4 aromatic heterocycles. The Kier molecular flexibility index (Phi) is 10.3. The van der Waals surface area contributed by atoms with E-state index in [1.807, 2.05) is 35.3 Å². The molecule has 2 aliphatic rings. The Bertz CT molecular complexity index is 1810. The van der Waals surface area contributed by atoms with Gasteiger partial charge in [0, 0.05) is 55.1 Å². The zero-order valence-electron chi connectivity index (χ0n) is 27.3. The molecule has 1 N–H and O–H groups in total. The quantitative estimate of drug-likeness (QED) is 0.187. The van der Waals surface area contributed by atoms with Gasteiger partial charge in [0.1, 0.15) is 29.9 Å². The lowest BCUT2D eigenvalue weighted by molar-refractivity contribution is 0.00503. The second-order valence-corrected chi connectivity index (χ2v) is 13.1. The van der Waals surface area contributed by atoms with Gasteiger partial charge in [0.05, 0.1) is 49.2 Å². The molecule has 5 heterocycles. The Morgan fingerprint density at radius 3 is 2.63 bits per heavy atom. The number of morpholine rings is 1. The van der Waals surface area contributed by atoms with Crippen molar-refractivity contribution in [3.05, 3.63) is 65.3 Å². The molecule has 1 saturated carbocycles. The number of aromatic nitrogens is 9. The molecule has 0 amide bonds. The maximum absolute atomic E-state index is 9.67. The molecule has 5 aromatic rings. The Morgan fingerprint density at radius 2 is 1.90 bits per heavy atom. The van der Waals surface area contributed by atoms with E-state index < -0.39 is 0 Å². The number of hydrogen-bond donors (Lipinski definition) is 1. The molecule has 1 aliphatic heterocycles. The summed E-state index contributed by atoms with van der Waals surface area (Å²) in [7, 11) is 0. The molecule has 15 nitrogen and oxygen atoms in total. The fourth-order valence-corrected chi connectivity index (χ4v) is 6.93. The van der Waals surface area contributed by atoms with Crippen molar-refractivity contribution in [3.63, 3.8) is 0 Å². The number of benzene rings is 1. The molecular formula is C33H38N12O3S. The Morgan fingerprint density at radius 1 is 1.08 bits per heavy atom. The van der Waals surface area contributed by atoms with Crippen molar-refractivity contribution in [2.24, 2.45) is 0 Å². The minimum Gasteiger partial charge on any atom is -0.487 e. The molecule has 0 unspecified atom stereocenters. The van der Waals surface area contributed by atoms with Crippen molar-refractivity contribution in [2.75, 3.05) is 38.2 Å². The summed E-state index contributed by atoms with van der Waals surface area (Å²) in [6, 6.07) is 8.52. The Labute approximate surface area is 287 Å². The van der Waals surface area contributed by atoms with Gasteiger partial charge in [-0.3, -0.25) is 9.58 Å². The van der Waals surface area contributed by atoms with Gasteiger partial charge in [0.15, 0.2) is 0 Å². The number of anilines is 2. The minimum atomic E-state index is -0.271. The van der Waals surface area contributed by atoms with Gasteiger partial charge in [-0.2, -0.15) is 5.26 Å². The van der Waals surface area contributed by atoms with Gasteiger partial charge in [-0.15, -0.1) is 21.5 Å². The van der Waals surface area contributed by atoms with Crippen LogP contribution in [-0.2, 0) is 17.7 Å². The lowest BCUT2D eigenvalue weighted by atomic mass is 9.90. The Hall–Kier alpha value is -4.98. The molecule has 2 fully saturated rings. The highest BCUT2D eigenvalue weighted by Gasteiger charge is 2.29. The maximum Gasteiger partial charge on any atom is 0.256 e. The van der Waals surface area contributed by atoms with Gasteiger partial charge in [-0.05, 0) is 60.7 Å². The van der Waals surface area contributed by atoms with E-state index in [1.54, 1.807) is 40.7 Å². The van der Waals surface area contributed by atoms with Crippen molar-refractivity contribution < 1.29 is 14.2 Å². The van der Waals surface area contributed by atoms with Crippen molar-refractivity contribution in [3.8, 4) is 28.8 Å². The summed E-state index contributed by atoms with van der Waals surface area (Å²) in [6.45, 7) is 6.48. The molecule has 1 aromatic carbocycles. The van der Waals surface area contributed by atoms with Gasteiger partial charge >= 0.3 is 0 Å². The van der Waals surface area contributed by atoms with E-state index in [-0.39, 0.29) is 6.10 Å². The van der Waals surface area contributed by atoms with E-state index in [0.29, 0.717) is 60.5 Å². The predicted molar refractivity (Wildman–Crippen MR) is 181 cm³/mol. The molecule has 49 heavy (non-hydrogen) atoms. The molecular weight excluding hydrogens is 645 g/mol. The third kappa shape index (κ3) is 8.19. The normalized spacial score (nSPS) is 18.9. The number of hydrogen-bond acceptors (Lipinski definition) is 14. The summed E-state index contributed by atoms with van der Waals surface area (Å²) in [5, 5.41) is 32.1. The zero-order valence-corrected chi connectivity index (χ0v) is 28.1. The molecule has 7 rings (SSSR count). The summed E-state index contributed by atoms with van der Waals surface area (Å²) in [5.41, 5.74) is 2.75. The molecule has 0 radical (unpaired) electrons. The zero-order chi connectivity index (χ0) is 33.4. The predicted octanol–water partition coefficient (Wildman–Crippen LogP) is 4.30. The number of rotatable bonds is 13.